The van der Waals surface area contributed by atoms with Gasteiger partial charge in [0.15, 0.2) is 11.5 Å². The summed E-state index contributed by atoms with van der Waals surface area (Å²) in [7, 11) is 0. The molecule has 2 N–H and O–H groups in total. The second-order valence-electron chi connectivity index (χ2n) is 7.46. The number of hydrogen-bond acceptors (Lipinski definition) is 5. The molecule has 0 aliphatic carbocycles. The van der Waals surface area contributed by atoms with Crippen LogP contribution in [0.1, 0.15) is 27.2 Å². The summed E-state index contributed by atoms with van der Waals surface area (Å²) in [6.07, 6.45) is 0.112. The summed E-state index contributed by atoms with van der Waals surface area (Å²) in [5.74, 6) is 0.0357. The maximum atomic E-state index is 12.3. The second kappa shape index (κ2) is 6.86. The number of rotatable bonds is 4. The van der Waals surface area contributed by atoms with E-state index in [4.69, 9.17) is 9.47 Å². The van der Waals surface area contributed by atoms with Crippen LogP contribution in [0.5, 0.6) is 11.5 Å². The van der Waals surface area contributed by atoms with Crippen LogP contribution < -0.4 is 25.0 Å². The molecule has 1 atom stereocenters. The van der Waals surface area contributed by atoms with Crippen LogP contribution in [0.2, 0.25) is 0 Å². The molecule has 2 aliphatic rings. The Morgan fingerprint density at radius 2 is 1.96 bits per heavy atom. The molecule has 1 fully saturated rings. The smallest absolute Gasteiger partial charge is 0.239 e. The van der Waals surface area contributed by atoms with Crippen molar-refractivity contribution in [3.05, 3.63) is 18.2 Å². The Labute approximate surface area is 151 Å². The third-order valence-electron chi connectivity index (χ3n) is 4.10. The molecule has 0 bridgehead atoms. The Bertz CT molecular complexity index is 741. The fraction of sp³-hybridized carbons (Fsp3) is 0.500. The Morgan fingerprint density at radius 3 is 2.69 bits per heavy atom. The quantitative estimate of drug-likeness (QED) is 0.827. The van der Waals surface area contributed by atoms with Crippen molar-refractivity contribution in [2.75, 3.05) is 24.8 Å². The summed E-state index contributed by atoms with van der Waals surface area (Å²) >= 11 is 0. The molecule has 140 valence electrons. The van der Waals surface area contributed by atoms with Gasteiger partial charge in [-0.2, -0.15) is 0 Å². The van der Waals surface area contributed by atoms with E-state index >= 15 is 0 Å². The number of fused-ring (bicyclic) bond motifs is 1. The highest BCUT2D eigenvalue weighted by Crippen LogP contribution is 2.37. The molecule has 0 aromatic heterocycles. The van der Waals surface area contributed by atoms with Crippen molar-refractivity contribution in [2.45, 2.75) is 32.7 Å². The zero-order valence-electron chi connectivity index (χ0n) is 15.1. The molecule has 0 radical (unpaired) electrons. The van der Waals surface area contributed by atoms with Gasteiger partial charge in [-0.25, -0.2) is 0 Å². The van der Waals surface area contributed by atoms with Gasteiger partial charge in [-0.15, -0.1) is 0 Å². The number of carbonyl (C=O) groups is 3. The highest BCUT2D eigenvalue weighted by Gasteiger charge is 2.35. The van der Waals surface area contributed by atoms with Crippen molar-refractivity contribution in [3.8, 4) is 11.5 Å². The second-order valence-corrected chi connectivity index (χ2v) is 7.46. The average molecular weight is 361 g/mol. The van der Waals surface area contributed by atoms with E-state index in [0.29, 0.717) is 17.2 Å². The van der Waals surface area contributed by atoms with Gasteiger partial charge in [-0.1, -0.05) is 0 Å². The highest BCUT2D eigenvalue weighted by atomic mass is 16.7. The number of benzene rings is 1. The maximum Gasteiger partial charge on any atom is 0.239 e. The number of nitrogens with zero attached hydrogens (tertiary/aromatic N) is 1. The molecule has 3 rings (SSSR count). The Hall–Kier alpha value is -2.77. The van der Waals surface area contributed by atoms with Crippen LogP contribution in [-0.2, 0) is 14.4 Å². The minimum atomic E-state index is -0.490. The lowest BCUT2D eigenvalue weighted by molar-refractivity contribution is -0.129. The van der Waals surface area contributed by atoms with Gasteiger partial charge in [0, 0.05) is 30.3 Å². The zero-order chi connectivity index (χ0) is 18.9. The minimum absolute atomic E-state index is 0.106. The third kappa shape index (κ3) is 4.07. The van der Waals surface area contributed by atoms with E-state index < -0.39 is 5.92 Å². The summed E-state index contributed by atoms with van der Waals surface area (Å²) < 4.78 is 10.6. The largest absolute Gasteiger partial charge is 0.454 e. The van der Waals surface area contributed by atoms with E-state index in [1.165, 1.54) is 0 Å². The first-order valence-electron chi connectivity index (χ1n) is 8.52. The molecule has 2 aliphatic heterocycles. The van der Waals surface area contributed by atoms with Crippen molar-refractivity contribution < 1.29 is 23.9 Å². The van der Waals surface area contributed by atoms with E-state index in [-0.39, 0.29) is 49.6 Å². The summed E-state index contributed by atoms with van der Waals surface area (Å²) in [4.78, 5) is 38.0. The van der Waals surface area contributed by atoms with Gasteiger partial charge in [0.2, 0.25) is 24.5 Å². The molecule has 1 aromatic rings. The van der Waals surface area contributed by atoms with E-state index in [1.807, 2.05) is 20.8 Å². The van der Waals surface area contributed by atoms with Crippen molar-refractivity contribution in [1.29, 1.82) is 0 Å². The molecular formula is C18H23N3O5. The van der Waals surface area contributed by atoms with Crippen LogP contribution in [0, 0.1) is 5.92 Å². The van der Waals surface area contributed by atoms with Gasteiger partial charge in [0.05, 0.1) is 12.5 Å². The highest BCUT2D eigenvalue weighted by molar-refractivity contribution is 6.01. The molecule has 8 heteroatoms. The maximum absolute atomic E-state index is 12.3. The van der Waals surface area contributed by atoms with E-state index in [9.17, 15) is 14.4 Å². The van der Waals surface area contributed by atoms with E-state index in [0.717, 1.165) is 0 Å². The van der Waals surface area contributed by atoms with Crippen LogP contribution in [0.15, 0.2) is 18.2 Å². The average Bonchev–Trinajstić information content (AvgIpc) is 3.16. The SMILES string of the molecule is CC(C)(C)NC(=O)CNC(=O)C1CC(=O)N(c2ccc3c(c2)OCO3)C1. The standard InChI is InChI=1S/C18H23N3O5/c1-18(2,3)20-15(22)8-19-17(24)11-6-16(23)21(9-11)12-4-5-13-14(7-12)26-10-25-13/h4-5,7,11H,6,8-10H2,1-3H3,(H,19,24)(H,20,22). The van der Waals surface area contributed by atoms with Crippen molar-refractivity contribution in [1.82, 2.24) is 10.6 Å². The molecule has 0 spiro atoms. The lowest BCUT2D eigenvalue weighted by Gasteiger charge is -2.21. The van der Waals surface area contributed by atoms with Gasteiger partial charge in [-0.05, 0) is 32.9 Å². The lowest BCUT2D eigenvalue weighted by atomic mass is 10.1. The molecule has 1 aromatic carbocycles. The van der Waals surface area contributed by atoms with E-state index in [1.54, 1.807) is 23.1 Å². The van der Waals surface area contributed by atoms with Crippen molar-refractivity contribution >= 4 is 23.4 Å². The van der Waals surface area contributed by atoms with Crippen LogP contribution in [0.3, 0.4) is 0 Å². The Morgan fingerprint density at radius 1 is 1.23 bits per heavy atom. The van der Waals surface area contributed by atoms with Gasteiger partial charge < -0.3 is 25.0 Å². The van der Waals surface area contributed by atoms with Crippen LogP contribution >= 0.6 is 0 Å². The first-order chi connectivity index (χ1) is 12.2. The summed E-state index contributed by atoms with van der Waals surface area (Å²) in [6, 6.07) is 5.24. The first-order valence-corrected chi connectivity index (χ1v) is 8.52. The first kappa shape index (κ1) is 18.0. The molecule has 1 saturated heterocycles. The van der Waals surface area contributed by atoms with Gasteiger partial charge in [0.1, 0.15) is 0 Å². The molecule has 26 heavy (non-hydrogen) atoms. The number of hydrogen-bond donors (Lipinski definition) is 2. The number of anilines is 1. The number of carbonyl (C=O) groups excluding carboxylic acids is 3. The summed E-state index contributed by atoms with van der Waals surface area (Å²) in [6.45, 7) is 5.92. The Kier molecular flexibility index (Phi) is 4.76. The third-order valence-corrected chi connectivity index (χ3v) is 4.10. The van der Waals surface area contributed by atoms with Gasteiger partial charge in [-0.3, -0.25) is 14.4 Å². The number of ether oxygens (including phenoxy) is 2. The molecule has 1 unspecified atom stereocenters. The predicted molar refractivity (Wildman–Crippen MR) is 93.9 cm³/mol. The van der Waals surface area contributed by atoms with Gasteiger partial charge >= 0.3 is 0 Å². The van der Waals surface area contributed by atoms with Crippen molar-refractivity contribution in [2.24, 2.45) is 5.92 Å². The zero-order valence-corrected chi connectivity index (χ0v) is 15.1. The van der Waals surface area contributed by atoms with E-state index in [2.05, 4.69) is 10.6 Å². The molecule has 2 heterocycles. The normalized spacial score (nSPS) is 18.8. The number of nitrogens with one attached hydrogen (secondary N) is 2. The molecule has 3 amide bonds. The van der Waals surface area contributed by atoms with Crippen LogP contribution in [0.25, 0.3) is 0 Å². The predicted octanol–water partition coefficient (Wildman–Crippen LogP) is 0.799. The minimum Gasteiger partial charge on any atom is -0.454 e. The van der Waals surface area contributed by atoms with Crippen LogP contribution in [0.4, 0.5) is 5.69 Å². The molecular weight excluding hydrogens is 338 g/mol. The summed E-state index contributed by atoms with van der Waals surface area (Å²) in [5.41, 5.74) is 0.307. The fourth-order valence-corrected chi connectivity index (χ4v) is 2.96. The van der Waals surface area contributed by atoms with Crippen molar-refractivity contribution in [3.63, 3.8) is 0 Å². The van der Waals surface area contributed by atoms with Crippen LogP contribution in [-0.4, -0.2) is 43.1 Å². The lowest BCUT2D eigenvalue weighted by Crippen LogP contribution is -2.46. The molecule has 8 nitrogen and oxygen atoms in total. The van der Waals surface area contributed by atoms with Gasteiger partial charge in [0.25, 0.3) is 0 Å². The fourth-order valence-electron chi connectivity index (χ4n) is 2.96. The Balaban J connectivity index is 1.57. The molecule has 0 saturated carbocycles. The monoisotopic (exact) mass is 361 g/mol. The summed E-state index contributed by atoms with van der Waals surface area (Å²) in [5, 5.41) is 5.38. The number of amides is 3. The topological polar surface area (TPSA) is 97.0 Å².